The van der Waals surface area contributed by atoms with Crippen LogP contribution < -0.4 is 10.1 Å². The topological polar surface area (TPSA) is 38.3 Å². The van der Waals surface area contributed by atoms with E-state index in [9.17, 15) is 18.0 Å². The standard InChI is InChI=1S/C14H8BrClF3NO2/c15-11-7-8(1-6-12(11)17)13(21)20-9-2-4-10(5-3-9)22-14(16,18)19/h1-7H,(H,20,21). The quantitative estimate of drug-likeness (QED) is 0.741. The number of amides is 1. The summed E-state index contributed by atoms with van der Waals surface area (Å²) >= 11 is 7.62. The maximum Gasteiger partial charge on any atom is 0.487 e. The van der Waals surface area contributed by atoms with Gasteiger partial charge in [0.1, 0.15) is 11.6 Å². The molecule has 22 heavy (non-hydrogen) atoms. The van der Waals surface area contributed by atoms with Gasteiger partial charge in [0.2, 0.25) is 0 Å². The van der Waals surface area contributed by atoms with Crippen LogP contribution in [0.25, 0.3) is 0 Å². The highest BCUT2D eigenvalue weighted by Crippen LogP contribution is 2.26. The highest BCUT2D eigenvalue weighted by Gasteiger charge is 2.27. The fourth-order valence-electron chi connectivity index (χ4n) is 1.58. The van der Waals surface area contributed by atoms with Crippen molar-refractivity contribution in [3.63, 3.8) is 0 Å². The summed E-state index contributed by atoms with van der Waals surface area (Å²) in [6, 6.07) is 9.00. The van der Waals surface area contributed by atoms with Crippen molar-refractivity contribution in [2.24, 2.45) is 0 Å². The van der Waals surface area contributed by atoms with Crippen molar-refractivity contribution in [2.45, 2.75) is 5.57 Å². The molecule has 0 radical (unpaired) electrons. The van der Waals surface area contributed by atoms with E-state index in [1.54, 1.807) is 0 Å². The average Bonchev–Trinajstić information content (AvgIpc) is 2.42. The number of anilines is 1. The van der Waals surface area contributed by atoms with Crippen LogP contribution in [0.5, 0.6) is 5.75 Å². The van der Waals surface area contributed by atoms with Gasteiger partial charge in [-0.1, -0.05) is 0 Å². The third kappa shape index (κ3) is 4.64. The van der Waals surface area contributed by atoms with Crippen molar-refractivity contribution >= 4 is 39.1 Å². The molecule has 0 unspecified atom stereocenters. The Balaban J connectivity index is 2.07. The first kappa shape index (κ1) is 16.6. The lowest BCUT2D eigenvalue weighted by atomic mass is 10.2. The van der Waals surface area contributed by atoms with Crippen LogP contribution in [0, 0.1) is 5.82 Å². The number of ether oxygens (including phenoxy) is 1. The van der Waals surface area contributed by atoms with E-state index in [4.69, 9.17) is 0 Å². The van der Waals surface area contributed by atoms with Crippen LogP contribution in [0.2, 0.25) is 0 Å². The number of halogens is 5. The van der Waals surface area contributed by atoms with E-state index in [0.29, 0.717) is 5.69 Å². The summed E-state index contributed by atoms with van der Waals surface area (Å²) in [5.41, 5.74) is -3.21. The van der Waals surface area contributed by atoms with E-state index in [-0.39, 0.29) is 15.8 Å². The van der Waals surface area contributed by atoms with Crippen molar-refractivity contribution in [3.8, 4) is 5.75 Å². The molecule has 0 heterocycles. The molecule has 0 saturated carbocycles. The lowest BCUT2D eigenvalue weighted by Gasteiger charge is -2.11. The smallest absolute Gasteiger partial charge is 0.420 e. The Hall–Kier alpha value is -1.73. The van der Waals surface area contributed by atoms with E-state index in [1.165, 1.54) is 36.4 Å². The Labute approximate surface area is 137 Å². The first-order valence-corrected chi connectivity index (χ1v) is 7.04. The van der Waals surface area contributed by atoms with Gasteiger partial charge >= 0.3 is 5.57 Å². The first-order valence-electron chi connectivity index (χ1n) is 5.87. The second-order valence-electron chi connectivity index (χ2n) is 4.16. The highest BCUT2D eigenvalue weighted by atomic mass is 79.9. The van der Waals surface area contributed by atoms with Crippen molar-refractivity contribution in [3.05, 3.63) is 58.3 Å². The van der Waals surface area contributed by atoms with Crippen molar-refractivity contribution < 1.29 is 22.7 Å². The van der Waals surface area contributed by atoms with Crippen LogP contribution >= 0.6 is 27.5 Å². The summed E-state index contributed by atoms with van der Waals surface area (Å²) in [5, 5.41) is 2.54. The number of hydrogen-bond donors (Lipinski definition) is 1. The zero-order chi connectivity index (χ0) is 16.3. The van der Waals surface area contributed by atoms with E-state index >= 15 is 0 Å². The van der Waals surface area contributed by atoms with Gasteiger partial charge in [0.15, 0.2) is 0 Å². The molecule has 0 atom stereocenters. The van der Waals surface area contributed by atoms with Crippen LogP contribution in [0.15, 0.2) is 46.9 Å². The largest absolute Gasteiger partial charge is 0.487 e. The molecule has 116 valence electrons. The molecular weight excluding hydrogens is 387 g/mol. The Bertz CT molecular complexity index is 689. The predicted octanol–water partition coefficient (Wildman–Crippen LogP) is 5.01. The number of carbonyl (C=O) groups is 1. The molecule has 2 aromatic carbocycles. The zero-order valence-corrected chi connectivity index (χ0v) is 13.1. The third-order valence-electron chi connectivity index (χ3n) is 2.53. The predicted molar refractivity (Wildman–Crippen MR) is 79.9 cm³/mol. The van der Waals surface area contributed by atoms with Gasteiger partial charge < -0.3 is 10.1 Å². The molecule has 0 bridgehead atoms. The summed E-state index contributed by atoms with van der Waals surface area (Å²) in [5.74, 6) is -1.11. The lowest BCUT2D eigenvalue weighted by molar-refractivity contribution is -0.0964. The highest BCUT2D eigenvalue weighted by molar-refractivity contribution is 9.10. The van der Waals surface area contributed by atoms with E-state index < -0.39 is 17.3 Å². The Kier molecular flexibility index (Phi) is 4.97. The molecule has 2 aromatic rings. The molecule has 0 aliphatic rings. The summed E-state index contributed by atoms with van der Waals surface area (Å²) in [4.78, 5) is 12.0. The van der Waals surface area contributed by atoms with Gasteiger partial charge in [-0.05, 0) is 58.4 Å². The molecule has 2 rings (SSSR count). The Morgan fingerprint density at radius 2 is 1.82 bits per heavy atom. The minimum atomic E-state index is -3.80. The normalized spacial score (nSPS) is 11.1. The second kappa shape index (κ2) is 6.58. The third-order valence-corrected chi connectivity index (χ3v) is 3.21. The van der Waals surface area contributed by atoms with Crippen molar-refractivity contribution in [1.29, 1.82) is 0 Å². The Morgan fingerprint density at radius 1 is 1.18 bits per heavy atom. The van der Waals surface area contributed by atoms with Crippen molar-refractivity contribution in [1.82, 2.24) is 0 Å². The zero-order valence-electron chi connectivity index (χ0n) is 10.7. The number of rotatable bonds is 4. The molecule has 0 aromatic heterocycles. The molecule has 0 aliphatic heterocycles. The molecule has 1 amide bonds. The fraction of sp³-hybridized carbons (Fsp3) is 0.0714. The van der Waals surface area contributed by atoms with E-state index in [0.717, 1.165) is 6.07 Å². The van der Waals surface area contributed by atoms with Crippen LogP contribution in [-0.4, -0.2) is 11.5 Å². The fourth-order valence-corrected chi connectivity index (χ4v) is 2.05. The van der Waals surface area contributed by atoms with Gasteiger partial charge in [-0.2, -0.15) is 0 Å². The minimum absolute atomic E-state index is 0.150. The van der Waals surface area contributed by atoms with Crippen LogP contribution in [0.4, 0.5) is 18.9 Å². The average molecular weight is 395 g/mol. The Morgan fingerprint density at radius 3 is 2.36 bits per heavy atom. The van der Waals surface area contributed by atoms with Gasteiger partial charge in [0.05, 0.1) is 4.47 Å². The molecule has 0 saturated heterocycles. The number of carbonyl (C=O) groups excluding carboxylic acids is 1. The number of nitrogens with one attached hydrogen (secondary N) is 1. The van der Waals surface area contributed by atoms with Crippen LogP contribution in [0.3, 0.4) is 0 Å². The molecule has 0 aliphatic carbocycles. The maximum atomic E-state index is 13.1. The van der Waals surface area contributed by atoms with Crippen LogP contribution in [0.1, 0.15) is 10.4 Å². The molecule has 1 N–H and O–H groups in total. The van der Waals surface area contributed by atoms with Gasteiger partial charge in [0.25, 0.3) is 5.91 Å². The van der Waals surface area contributed by atoms with Gasteiger partial charge in [-0.25, -0.2) is 4.39 Å². The monoisotopic (exact) mass is 393 g/mol. The van der Waals surface area contributed by atoms with Gasteiger partial charge in [-0.3, -0.25) is 4.79 Å². The summed E-state index contributed by atoms with van der Waals surface area (Å²) in [6.07, 6.45) is 0. The SMILES string of the molecule is O=C(Nc1ccc(OC(F)(F)Cl)cc1)c1ccc(F)c(Br)c1. The van der Waals surface area contributed by atoms with Crippen LogP contribution in [-0.2, 0) is 0 Å². The molecule has 8 heteroatoms. The van der Waals surface area contributed by atoms with Crippen molar-refractivity contribution in [2.75, 3.05) is 5.32 Å². The maximum absolute atomic E-state index is 13.1. The molecular formula is C14H8BrClF3NO2. The summed E-state index contributed by atoms with van der Waals surface area (Å²) in [6.45, 7) is 0. The number of benzene rings is 2. The summed E-state index contributed by atoms with van der Waals surface area (Å²) in [7, 11) is 0. The molecule has 0 spiro atoms. The first-order chi connectivity index (χ1) is 10.2. The number of hydrogen-bond acceptors (Lipinski definition) is 2. The molecule has 0 fully saturated rings. The lowest BCUT2D eigenvalue weighted by Crippen LogP contribution is -2.15. The minimum Gasteiger partial charge on any atom is -0.420 e. The summed E-state index contributed by atoms with van der Waals surface area (Å²) < 4.78 is 42.3. The van der Waals surface area contributed by atoms with E-state index in [1.807, 2.05) is 0 Å². The molecule has 3 nitrogen and oxygen atoms in total. The number of alkyl halides is 3. The van der Waals surface area contributed by atoms with Gasteiger partial charge in [-0.15, -0.1) is 8.78 Å². The second-order valence-corrected chi connectivity index (χ2v) is 5.45. The van der Waals surface area contributed by atoms with E-state index in [2.05, 4.69) is 37.6 Å². The van der Waals surface area contributed by atoms with Gasteiger partial charge in [0, 0.05) is 22.9 Å².